The van der Waals surface area contributed by atoms with Crippen LogP contribution in [0.25, 0.3) is 11.3 Å². The number of carbonyl (C=O) groups is 1. The predicted molar refractivity (Wildman–Crippen MR) is 108 cm³/mol. The highest BCUT2D eigenvalue weighted by atomic mass is 35.5. The summed E-state index contributed by atoms with van der Waals surface area (Å²) in [4.78, 5) is 16.4. The van der Waals surface area contributed by atoms with Crippen LogP contribution in [-0.2, 0) is 11.2 Å². The molecule has 0 spiro atoms. The van der Waals surface area contributed by atoms with E-state index in [2.05, 4.69) is 21.7 Å². The Kier molecular flexibility index (Phi) is 9.41. The Balaban J connectivity index is 0.00000169. The van der Waals surface area contributed by atoms with Gasteiger partial charge in [-0.25, -0.2) is 4.98 Å². The minimum atomic E-state index is 0. The first-order valence-electron chi connectivity index (χ1n) is 8.39. The van der Waals surface area contributed by atoms with Crippen LogP contribution in [0.15, 0.2) is 46.4 Å². The lowest BCUT2D eigenvalue weighted by atomic mass is 10.1. The van der Waals surface area contributed by atoms with Crippen molar-refractivity contribution < 1.29 is 9.21 Å². The second-order valence-electron chi connectivity index (χ2n) is 5.98. The van der Waals surface area contributed by atoms with Gasteiger partial charge in [0.1, 0.15) is 0 Å². The normalized spacial score (nSPS) is 13.2. The highest BCUT2D eigenvalue weighted by Crippen LogP contribution is 2.24. The van der Waals surface area contributed by atoms with Gasteiger partial charge in [0.25, 0.3) is 0 Å². The van der Waals surface area contributed by atoms with Crippen LogP contribution in [0.5, 0.6) is 0 Å². The number of hydrogen-bond acceptors (Lipinski definition) is 4. The highest BCUT2D eigenvalue weighted by molar-refractivity contribution is 5.85. The lowest BCUT2D eigenvalue weighted by molar-refractivity contribution is -0.120. The van der Waals surface area contributed by atoms with E-state index in [-0.39, 0.29) is 30.7 Å². The quantitative estimate of drug-likeness (QED) is 0.732. The maximum Gasteiger partial charge on any atom is 0.220 e. The van der Waals surface area contributed by atoms with Crippen molar-refractivity contribution >= 4 is 30.7 Å². The molecule has 0 saturated heterocycles. The number of benzene rings is 1. The monoisotopic (exact) mass is 397 g/mol. The fraction of sp³-hybridized carbons (Fsp3) is 0.368. The van der Waals surface area contributed by atoms with Gasteiger partial charge in [-0.2, -0.15) is 0 Å². The van der Waals surface area contributed by atoms with Crippen molar-refractivity contribution in [2.45, 2.75) is 26.2 Å². The molecule has 26 heavy (non-hydrogen) atoms. The number of nitrogens with zero attached hydrogens (tertiary/aromatic N) is 1. The number of aryl methyl sites for hydroxylation is 2. The van der Waals surface area contributed by atoms with Crippen molar-refractivity contribution in [1.82, 2.24) is 15.6 Å². The van der Waals surface area contributed by atoms with Gasteiger partial charge in [0.05, 0.1) is 5.69 Å². The Labute approximate surface area is 166 Å². The number of oxazole rings is 1. The second kappa shape index (κ2) is 11.0. The summed E-state index contributed by atoms with van der Waals surface area (Å²) in [7, 11) is 0. The van der Waals surface area contributed by atoms with E-state index in [0.29, 0.717) is 25.3 Å². The van der Waals surface area contributed by atoms with E-state index in [4.69, 9.17) is 4.42 Å². The third-order valence-corrected chi connectivity index (χ3v) is 4.11. The van der Waals surface area contributed by atoms with Gasteiger partial charge in [-0.3, -0.25) is 4.79 Å². The van der Waals surface area contributed by atoms with Gasteiger partial charge >= 0.3 is 0 Å². The summed E-state index contributed by atoms with van der Waals surface area (Å²) in [5.41, 5.74) is 3.16. The summed E-state index contributed by atoms with van der Waals surface area (Å²) in [6, 6.07) is 9.91. The summed E-state index contributed by atoms with van der Waals surface area (Å²) in [5.74, 6) is 1.43. The summed E-state index contributed by atoms with van der Waals surface area (Å²) in [5, 5.41) is 6.23. The summed E-state index contributed by atoms with van der Waals surface area (Å²) < 4.78 is 5.83. The number of aromatic nitrogens is 1. The van der Waals surface area contributed by atoms with Crippen LogP contribution in [0.4, 0.5) is 0 Å². The Bertz CT molecular complexity index is 730. The minimum Gasteiger partial charge on any atom is -0.440 e. The molecule has 5 nitrogen and oxygen atoms in total. The minimum absolute atomic E-state index is 0. The number of halogens is 2. The lowest BCUT2D eigenvalue weighted by Gasteiger charge is -2.14. The maximum atomic E-state index is 12.0. The molecule has 7 heteroatoms. The molecule has 2 heterocycles. The molecule has 0 fully saturated rings. The van der Waals surface area contributed by atoms with Crippen molar-refractivity contribution in [1.29, 1.82) is 0 Å². The van der Waals surface area contributed by atoms with E-state index in [1.807, 2.05) is 37.3 Å². The molecule has 142 valence electrons. The van der Waals surface area contributed by atoms with Crippen LogP contribution in [0.1, 0.15) is 24.4 Å². The topological polar surface area (TPSA) is 67.2 Å². The van der Waals surface area contributed by atoms with Crippen LogP contribution in [0.2, 0.25) is 0 Å². The molecule has 2 aromatic rings. The van der Waals surface area contributed by atoms with Crippen LogP contribution in [0, 0.1) is 6.92 Å². The molecule has 2 N–H and O–H groups in total. The van der Waals surface area contributed by atoms with E-state index in [1.165, 1.54) is 5.57 Å². The molecule has 1 amide bonds. The van der Waals surface area contributed by atoms with Gasteiger partial charge in [0.15, 0.2) is 11.7 Å². The van der Waals surface area contributed by atoms with E-state index in [9.17, 15) is 4.79 Å². The number of carbonyl (C=O) groups excluding carboxylic acids is 1. The predicted octanol–water partition coefficient (Wildman–Crippen LogP) is 3.46. The molecule has 1 aliphatic rings. The molecule has 0 atom stereocenters. The van der Waals surface area contributed by atoms with E-state index in [0.717, 1.165) is 36.5 Å². The molecule has 0 radical (unpaired) electrons. The first-order chi connectivity index (χ1) is 11.7. The first-order valence-corrected chi connectivity index (χ1v) is 8.39. The molecule has 1 aromatic heterocycles. The smallest absolute Gasteiger partial charge is 0.220 e. The number of rotatable bonds is 6. The van der Waals surface area contributed by atoms with Crippen LogP contribution in [-0.4, -0.2) is 30.5 Å². The molecular formula is C19H25Cl2N3O2. The SMILES string of the molecule is Cc1nc(CCC(=O)NCC2=CCNCC2)oc1-c1ccccc1.Cl.Cl. The van der Waals surface area contributed by atoms with E-state index < -0.39 is 0 Å². The van der Waals surface area contributed by atoms with Crippen molar-refractivity contribution in [3.8, 4) is 11.3 Å². The fourth-order valence-electron chi connectivity index (χ4n) is 2.77. The van der Waals surface area contributed by atoms with Crippen LogP contribution >= 0.6 is 24.8 Å². The lowest BCUT2D eigenvalue weighted by Crippen LogP contribution is -2.29. The third-order valence-electron chi connectivity index (χ3n) is 4.11. The Morgan fingerprint density at radius 2 is 2.04 bits per heavy atom. The molecule has 0 bridgehead atoms. The molecule has 3 rings (SSSR count). The van der Waals surface area contributed by atoms with E-state index >= 15 is 0 Å². The third kappa shape index (κ3) is 6.16. The summed E-state index contributed by atoms with van der Waals surface area (Å²) in [6.07, 6.45) is 4.05. The maximum absolute atomic E-state index is 12.0. The standard InChI is InChI=1S/C19H23N3O2.2ClH/c1-14-19(16-5-3-2-4-6-16)24-18(22-14)8-7-17(23)21-13-15-9-11-20-12-10-15;;/h2-6,9,20H,7-8,10-13H2,1H3,(H,21,23);2*1H. The van der Waals surface area contributed by atoms with Gasteiger partial charge in [-0.05, 0) is 19.9 Å². The van der Waals surface area contributed by atoms with Gasteiger partial charge in [-0.1, -0.05) is 42.0 Å². The molecule has 1 aromatic carbocycles. The zero-order chi connectivity index (χ0) is 16.8. The molecule has 1 aliphatic heterocycles. The zero-order valence-corrected chi connectivity index (χ0v) is 16.4. The largest absolute Gasteiger partial charge is 0.440 e. The second-order valence-corrected chi connectivity index (χ2v) is 5.98. The van der Waals surface area contributed by atoms with Crippen molar-refractivity contribution in [3.05, 3.63) is 53.6 Å². The number of nitrogens with one attached hydrogen (secondary N) is 2. The summed E-state index contributed by atoms with van der Waals surface area (Å²) in [6.45, 7) is 4.45. The van der Waals surface area contributed by atoms with E-state index in [1.54, 1.807) is 0 Å². The van der Waals surface area contributed by atoms with Crippen molar-refractivity contribution in [3.63, 3.8) is 0 Å². The van der Waals surface area contributed by atoms with Gasteiger partial charge in [0, 0.05) is 31.5 Å². The van der Waals surface area contributed by atoms with Gasteiger partial charge in [-0.15, -0.1) is 24.8 Å². The Morgan fingerprint density at radius 3 is 2.73 bits per heavy atom. The first kappa shape index (κ1) is 22.2. The highest BCUT2D eigenvalue weighted by Gasteiger charge is 2.13. The van der Waals surface area contributed by atoms with Crippen LogP contribution < -0.4 is 10.6 Å². The average molecular weight is 398 g/mol. The Hall–Kier alpha value is -1.82. The zero-order valence-electron chi connectivity index (χ0n) is 14.8. The fourth-order valence-corrected chi connectivity index (χ4v) is 2.77. The number of hydrogen-bond donors (Lipinski definition) is 2. The molecular weight excluding hydrogens is 373 g/mol. The average Bonchev–Trinajstić information content (AvgIpc) is 3.00. The number of amides is 1. The summed E-state index contributed by atoms with van der Waals surface area (Å²) >= 11 is 0. The molecule has 0 aliphatic carbocycles. The van der Waals surface area contributed by atoms with Gasteiger partial charge in [0.2, 0.25) is 5.91 Å². The molecule has 0 saturated carbocycles. The van der Waals surface area contributed by atoms with Gasteiger partial charge < -0.3 is 15.1 Å². The molecule has 0 unspecified atom stereocenters. The Morgan fingerprint density at radius 1 is 1.27 bits per heavy atom. The van der Waals surface area contributed by atoms with Crippen molar-refractivity contribution in [2.24, 2.45) is 0 Å². The van der Waals surface area contributed by atoms with Crippen molar-refractivity contribution in [2.75, 3.05) is 19.6 Å². The van der Waals surface area contributed by atoms with Crippen LogP contribution in [0.3, 0.4) is 0 Å².